The number of amides is 1. The molecule has 1 atom stereocenters. The first-order valence-corrected chi connectivity index (χ1v) is 7.73. The van der Waals surface area contributed by atoms with Crippen LogP contribution in [0.1, 0.15) is 46.5 Å². The van der Waals surface area contributed by atoms with Crippen molar-refractivity contribution in [2.75, 3.05) is 16.8 Å². The third kappa shape index (κ3) is 3.99. The SMILES string of the molecule is CC(C)CC(=O)Nc1ccc(N2CCCC[C@H]2C)cc1. The van der Waals surface area contributed by atoms with E-state index in [0.29, 0.717) is 18.4 Å². The minimum atomic E-state index is 0.0964. The molecule has 3 nitrogen and oxygen atoms in total. The van der Waals surface area contributed by atoms with Gasteiger partial charge in [-0.2, -0.15) is 0 Å². The van der Waals surface area contributed by atoms with Crippen molar-refractivity contribution in [3.05, 3.63) is 24.3 Å². The zero-order valence-corrected chi connectivity index (χ0v) is 12.9. The van der Waals surface area contributed by atoms with Crippen LogP contribution in [-0.4, -0.2) is 18.5 Å². The fraction of sp³-hybridized carbons (Fsp3) is 0.588. The molecule has 1 heterocycles. The molecule has 0 radical (unpaired) electrons. The molecule has 0 aliphatic carbocycles. The Morgan fingerprint density at radius 2 is 2.00 bits per heavy atom. The quantitative estimate of drug-likeness (QED) is 0.898. The van der Waals surface area contributed by atoms with E-state index in [4.69, 9.17) is 0 Å². The van der Waals surface area contributed by atoms with Crippen molar-refractivity contribution < 1.29 is 4.79 Å². The summed E-state index contributed by atoms with van der Waals surface area (Å²) in [5.41, 5.74) is 2.16. The second kappa shape index (κ2) is 6.78. The number of nitrogens with one attached hydrogen (secondary N) is 1. The minimum absolute atomic E-state index is 0.0964. The van der Waals surface area contributed by atoms with E-state index in [-0.39, 0.29) is 5.91 Å². The van der Waals surface area contributed by atoms with Gasteiger partial charge in [-0.1, -0.05) is 13.8 Å². The predicted octanol–water partition coefficient (Wildman–Crippen LogP) is 4.05. The highest BCUT2D eigenvalue weighted by Gasteiger charge is 2.18. The van der Waals surface area contributed by atoms with E-state index in [2.05, 4.69) is 43.1 Å². The third-order valence-electron chi connectivity index (χ3n) is 3.88. The van der Waals surface area contributed by atoms with Gasteiger partial charge in [-0.15, -0.1) is 0 Å². The molecule has 1 aromatic carbocycles. The molecule has 1 amide bonds. The van der Waals surface area contributed by atoms with E-state index in [1.807, 2.05) is 12.1 Å². The highest BCUT2D eigenvalue weighted by atomic mass is 16.1. The average Bonchev–Trinajstić information content (AvgIpc) is 2.39. The van der Waals surface area contributed by atoms with E-state index in [1.54, 1.807) is 0 Å². The van der Waals surface area contributed by atoms with Gasteiger partial charge in [-0.3, -0.25) is 4.79 Å². The number of rotatable bonds is 4. The van der Waals surface area contributed by atoms with Crippen LogP contribution in [0, 0.1) is 5.92 Å². The summed E-state index contributed by atoms with van der Waals surface area (Å²) in [6.07, 6.45) is 4.45. The van der Waals surface area contributed by atoms with Gasteiger partial charge >= 0.3 is 0 Å². The molecule has 0 bridgehead atoms. The van der Waals surface area contributed by atoms with Crippen molar-refractivity contribution in [2.45, 2.75) is 52.5 Å². The average molecular weight is 274 g/mol. The molecule has 0 unspecified atom stereocenters. The summed E-state index contributed by atoms with van der Waals surface area (Å²) in [5.74, 6) is 0.488. The molecule has 0 spiro atoms. The largest absolute Gasteiger partial charge is 0.369 e. The number of nitrogens with zero attached hydrogens (tertiary/aromatic N) is 1. The van der Waals surface area contributed by atoms with E-state index >= 15 is 0 Å². The Hall–Kier alpha value is -1.51. The summed E-state index contributed by atoms with van der Waals surface area (Å²) in [6.45, 7) is 7.54. The van der Waals surface area contributed by atoms with Gasteiger partial charge in [0.15, 0.2) is 0 Å². The molecule has 1 aliphatic rings. The zero-order chi connectivity index (χ0) is 14.5. The number of hydrogen-bond donors (Lipinski definition) is 1. The summed E-state index contributed by atoms with van der Waals surface area (Å²) in [6, 6.07) is 8.87. The van der Waals surface area contributed by atoms with Crippen molar-refractivity contribution in [2.24, 2.45) is 5.92 Å². The molecule has 110 valence electrons. The molecule has 1 aromatic rings. The molecular formula is C17H26N2O. The fourth-order valence-corrected chi connectivity index (χ4v) is 2.80. The van der Waals surface area contributed by atoms with Gasteiger partial charge in [0, 0.05) is 30.4 Å². The second-order valence-electron chi connectivity index (χ2n) is 6.23. The molecular weight excluding hydrogens is 248 g/mol. The Kier molecular flexibility index (Phi) is 5.05. The summed E-state index contributed by atoms with van der Waals surface area (Å²) in [5, 5.41) is 2.96. The van der Waals surface area contributed by atoms with Crippen molar-refractivity contribution in [3.8, 4) is 0 Å². The number of carbonyl (C=O) groups excluding carboxylic acids is 1. The molecule has 2 rings (SSSR count). The van der Waals surface area contributed by atoms with Gasteiger partial charge in [0.05, 0.1) is 0 Å². The van der Waals surface area contributed by atoms with Crippen molar-refractivity contribution >= 4 is 17.3 Å². The molecule has 1 fully saturated rings. The smallest absolute Gasteiger partial charge is 0.224 e. The number of piperidine rings is 1. The Labute approximate surface area is 122 Å². The maximum Gasteiger partial charge on any atom is 0.224 e. The molecule has 1 N–H and O–H groups in total. The molecule has 1 aliphatic heterocycles. The standard InChI is InChI=1S/C17H26N2O/c1-13(2)12-17(20)18-15-7-9-16(10-8-15)19-11-5-4-6-14(19)3/h7-10,13-14H,4-6,11-12H2,1-3H3,(H,18,20)/t14-/m1/s1. The molecule has 0 aromatic heterocycles. The molecule has 0 saturated carbocycles. The van der Waals surface area contributed by atoms with Crippen molar-refractivity contribution in [3.63, 3.8) is 0 Å². The van der Waals surface area contributed by atoms with Crippen LogP contribution < -0.4 is 10.2 Å². The van der Waals surface area contributed by atoms with E-state index < -0.39 is 0 Å². The number of carbonyl (C=O) groups is 1. The van der Waals surface area contributed by atoms with Crippen LogP contribution in [0.4, 0.5) is 11.4 Å². The van der Waals surface area contributed by atoms with Gasteiger partial charge in [-0.25, -0.2) is 0 Å². The maximum absolute atomic E-state index is 11.7. The normalized spacial score (nSPS) is 19.2. The highest BCUT2D eigenvalue weighted by molar-refractivity contribution is 5.91. The van der Waals surface area contributed by atoms with Crippen molar-refractivity contribution in [1.29, 1.82) is 0 Å². The Balaban J connectivity index is 1.97. The Morgan fingerprint density at radius 3 is 2.60 bits per heavy atom. The van der Waals surface area contributed by atoms with Crippen LogP contribution in [0.3, 0.4) is 0 Å². The number of hydrogen-bond acceptors (Lipinski definition) is 2. The second-order valence-corrected chi connectivity index (χ2v) is 6.23. The molecule has 1 saturated heterocycles. The zero-order valence-electron chi connectivity index (χ0n) is 12.9. The summed E-state index contributed by atoms with van der Waals surface area (Å²) >= 11 is 0. The minimum Gasteiger partial charge on any atom is -0.369 e. The van der Waals surface area contributed by atoms with Gasteiger partial charge in [-0.05, 0) is 56.4 Å². The van der Waals surface area contributed by atoms with Gasteiger partial charge < -0.3 is 10.2 Å². The Morgan fingerprint density at radius 1 is 1.30 bits per heavy atom. The lowest BCUT2D eigenvalue weighted by molar-refractivity contribution is -0.116. The highest BCUT2D eigenvalue weighted by Crippen LogP contribution is 2.25. The van der Waals surface area contributed by atoms with Crippen LogP contribution in [0.5, 0.6) is 0 Å². The maximum atomic E-state index is 11.7. The first kappa shape index (κ1) is 14.9. The van der Waals surface area contributed by atoms with Crippen molar-refractivity contribution in [1.82, 2.24) is 0 Å². The van der Waals surface area contributed by atoms with E-state index in [1.165, 1.54) is 24.9 Å². The van der Waals surface area contributed by atoms with E-state index in [9.17, 15) is 4.79 Å². The lowest BCUT2D eigenvalue weighted by Gasteiger charge is -2.35. The van der Waals surface area contributed by atoms with Gasteiger partial charge in [0.25, 0.3) is 0 Å². The first-order valence-electron chi connectivity index (χ1n) is 7.73. The van der Waals surface area contributed by atoms with Crippen LogP contribution in [0.15, 0.2) is 24.3 Å². The van der Waals surface area contributed by atoms with Crippen LogP contribution in [0.2, 0.25) is 0 Å². The van der Waals surface area contributed by atoms with Crippen LogP contribution in [0.25, 0.3) is 0 Å². The lowest BCUT2D eigenvalue weighted by Crippen LogP contribution is -2.37. The topological polar surface area (TPSA) is 32.3 Å². The molecule has 20 heavy (non-hydrogen) atoms. The summed E-state index contributed by atoms with van der Waals surface area (Å²) in [4.78, 5) is 14.2. The third-order valence-corrected chi connectivity index (χ3v) is 3.88. The summed E-state index contributed by atoms with van der Waals surface area (Å²) < 4.78 is 0. The van der Waals surface area contributed by atoms with Crippen LogP contribution >= 0.6 is 0 Å². The predicted molar refractivity (Wildman–Crippen MR) is 85.2 cm³/mol. The van der Waals surface area contributed by atoms with Crippen LogP contribution in [-0.2, 0) is 4.79 Å². The van der Waals surface area contributed by atoms with Gasteiger partial charge in [0.1, 0.15) is 0 Å². The lowest BCUT2D eigenvalue weighted by atomic mass is 10.0. The number of anilines is 2. The number of benzene rings is 1. The monoisotopic (exact) mass is 274 g/mol. The Bertz CT molecular complexity index is 439. The summed E-state index contributed by atoms with van der Waals surface area (Å²) in [7, 11) is 0. The fourth-order valence-electron chi connectivity index (χ4n) is 2.80. The van der Waals surface area contributed by atoms with Gasteiger partial charge in [0.2, 0.25) is 5.91 Å². The van der Waals surface area contributed by atoms with E-state index in [0.717, 1.165) is 12.2 Å². The molecule has 3 heteroatoms. The first-order chi connectivity index (χ1) is 9.56.